The van der Waals surface area contributed by atoms with E-state index >= 15 is 0 Å². The van der Waals surface area contributed by atoms with Crippen molar-refractivity contribution in [1.82, 2.24) is 20.1 Å². The van der Waals surface area contributed by atoms with Crippen molar-refractivity contribution in [2.75, 3.05) is 20.3 Å². The third-order valence-electron chi connectivity index (χ3n) is 3.68. The number of thiophene rings is 1. The number of carbonyl (C=O) groups is 1. The number of ether oxygens (including phenoxy) is 1. The molecule has 1 N–H and O–H groups in total. The predicted octanol–water partition coefficient (Wildman–Crippen LogP) is 2.62. The summed E-state index contributed by atoms with van der Waals surface area (Å²) in [7, 11) is 1.65. The predicted molar refractivity (Wildman–Crippen MR) is 94.5 cm³/mol. The van der Waals surface area contributed by atoms with Crippen LogP contribution in [-0.4, -0.2) is 40.9 Å². The highest BCUT2D eigenvalue weighted by Crippen LogP contribution is 2.20. The van der Waals surface area contributed by atoms with Crippen LogP contribution in [0.15, 0.2) is 29.8 Å². The van der Waals surface area contributed by atoms with Gasteiger partial charge in [0.2, 0.25) is 0 Å². The molecule has 0 aliphatic heterocycles. The number of aryl methyl sites for hydroxylation is 1. The summed E-state index contributed by atoms with van der Waals surface area (Å²) in [4.78, 5) is 18.3. The van der Waals surface area contributed by atoms with Crippen LogP contribution in [0.25, 0.3) is 11.0 Å². The van der Waals surface area contributed by atoms with Crippen LogP contribution in [0.5, 0.6) is 0 Å². The Kier molecular flexibility index (Phi) is 5.22. The van der Waals surface area contributed by atoms with E-state index in [-0.39, 0.29) is 5.91 Å². The molecule has 0 saturated heterocycles. The van der Waals surface area contributed by atoms with E-state index in [0.717, 1.165) is 23.1 Å². The lowest BCUT2D eigenvalue weighted by atomic mass is 10.1. The summed E-state index contributed by atoms with van der Waals surface area (Å²) >= 11 is 1.68. The summed E-state index contributed by atoms with van der Waals surface area (Å²) in [6, 6.07) is 5.89. The van der Waals surface area contributed by atoms with Gasteiger partial charge in [-0.3, -0.25) is 4.79 Å². The number of fused-ring (bicyclic) bond motifs is 1. The van der Waals surface area contributed by atoms with Crippen molar-refractivity contribution in [3.63, 3.8) is 0 Å². The highest BCUT2D eigenvalue weighted by atomic mass is 32.1. The number of carbonyl (C=O) groups excluding carboxylic acids is 1. The Morgan fingerprint density at radius 3 is 3.08 bits per heavy atom. The van der Waals surface area contributed by atoms with Crippen LogP contribution in [0.2, 0.25) is 0 Å². The first-order valence-corrected chi connectivity index (χ1v) is 8.69. The molecule has 0 atom stereocenters. The van der Waals surface area contributed by atoms with Crippen LogP contribution in [0.3, 0.4) is 0 Å². The SMILES string of the molecule is COCCCNC(=O)c1cc(C)nc2c1cnn2Cc1cccs1. The Labute approximate surface area is 144 Å². The fourth-order valence-corrected chi connectivity index (χ4v) is 3.23. The molecule has 24 heavy (non-hydrogen) atoms. The second-order valence-corrected chi connectivity index (χ2v) is 6.56. The Balaban J connectivity index is 1.86. The first-order chi connectivity index (χ1) is 11.7. The molecule has 126 valence electrons. The molecule has 3 rings (SSSR count). The van der Waals surface area contributed by atoms with Crippen LogP contribution in [-0.2, 0) is 11.3 Å². The number of hydrogen-bond donors (Lipinski definition) is 1. The molecule has 0 aliphatic rings. The lowest BCUT2D eigenvalue weighted by molar-refractivity contribution is 0.0950. The molecule has 3 aromatic rings. The maximum atomic E-state index is 12.5. The fraction of sp³-hybridized carbons (Fsp3) is 0.353. The van der Waals surface area contributed by atoms with Crippen LogP contribution in [0, 0.1) is 6.92 Å². The van der Waals surface area contributed by atoms with Gasteiger partial charge in [-0.1, -0.05) is 6.07 Å². The fourth-order valence-electron chi connectivity index (χ4n) is 2.54. The van der Waals surface area contributed by atoms with Crippen molar-refractivity contribution in [3.8, 4) is 0 Å². The summed E-state index contributed by atoms with van der Waals surface area (Å²) < 4.78 is 6.84. The summed E-state index contributed by atoms with van der Waals surface area (Å²) in [5.74, 6) is -0.0997. The highest BCUT2D eigenvalue weighted by Gasteiger charge is 2.15. The van der Waals surface area contributed by atoms with Crippen molar-refractivity contribution >= 4 is 28.3 Å². The van der Waals surface area contributed by atoms with Gasteiger partial charge in [0.25, 0.3) is 5.91 Å². The van der Waals surface area contributed by atoms with Crippen molar-refractivity contribution in [2.45, 2.75) is 19.9 Å². The molecular formula is C17H20N4O2S. The Morgan fingerprint density at radius 2 is 2.33 bits per heavy atom. The van der Waals surface area contributed by atoms with Gasteiger partial charge in [0.05, 0.1) is 23.7 Å². The van der Waals surface area contributed by atoms with E-state index in [1.165, 1.54) is 4.88 Å². The minimum Gasteiger partial charge on any atom is -0.385 e. The molecule has 6 nitrogen and oxygen atoms in total. The van der Waals surface area contributed by atoms with E-state index in [9.17, 15) is 4.79 Å². The summed E-state index contributed by atoms with van der Waals surface area (Å²) in [5, 5.41) is 10.2. The van der Waals surface area contributed by atoms with Crippen molar-refractivity contribution < 1.29 is 9.53 Å². The minimum absolute atomic E-state index is 0.0997. The molecule has 7 heteroatoms. The molecule has 0 spiro atoms. The van der Waals surface area contributed by atoms with E-state index in [2.05, 4.69) is 21.5 Å². The van der Waals surface area contributed by atoms with Gasteiger partial charge >= 0.3 is 0 Å². The van der Waals surface area contributed by atoms with E-state index in [1.54, 1.807) is 24.6 Å². The molecular weight excluding hydrogens is 324 g/mol. The van der Waals surface area contributed by atoms with Crippen molar-refractivity contribution in [1.29, 1.82) is 0 Å². The molecule has 0 aromatic carbocycles. The zero-order chi connectivity index (χ0) is 16.9. The molecule has 3 aromatic heterocycles. The van der Waals surface area contributed by atoms with Gasteiger partial charge in [0, 0.05) is 30.8 Å². The number of amides is 1. The topological polar surface area (TPSA) is 69.0 Å². The third-order valence-corrected chi connectivity index (χ3v) is 4.54. The monoisotopic (exact) mass is 344 g/mol. The zero-order valence-corrected chi connectivity index (χ0v) is 14.6. The average molecular weight is 344 g/mol. The number of pyridine rings is 1. The Hall–Kier alpha value is -2.25. The molecule has 0 bridgehead atoms. The van der Waals surface area contributed by atoms with E-state index in [0.29, 0.717) is 25.3 Å². The third kappa shape index (κ3) is 3.63. The van der Waals surface area contributed by atoms with Crippen LogP contribution >= 0.6 is 11.3 Å². The van der Waals surface area contributed by atoms with Gasteiger partial charge in [0.15, 0.2) is 5.65 Å². The van der Waals surface area contributed by atoms with E-state index in [4.69, 9.17) is 4.74 Å². The number of aromatic nitrogens is 3. The van der Waals surface area contributed by atoms with Gasteiger partial charge in [-0.15, -0.1) is 11.3 Å². The molecule has 0 aliphatic carbocycles. The van der Waals surface area contributed by atoms with Gasteiger partial charge in [-0.05, 0) is 30.9 Å². The van der Waals surface area contributed by atoms with Gasteiger partial charge < -0.3 is 10.1 Å². The van der Waals surface area contributed by atoms with Gasteiger partial charge in [0.1, 0.15) is 0 Å². The smallest absolute Gasteiger partial charge is 0.252 e. The summed E-state index contributed by atoms with van der Waals surface area (Å²) in [6.07, 6.45) is 2.51. The number of hydrogen-bond acceptors (Lipinski definition) is 5. The Morgan fingerprint density at radius 1 is 1.46 bits per heavy atom. The summed E-state index contributed by atoms with van der Waals surface area (Å²) in [5.41, 5.74) is 2.16. The zero-order valence-electron chi connectivity index (χ0n) is 13.8. The first kappa shape index (κ1) is 16.6. The second kappa shape index (κ2) is 7.55. The van der Waals surface area contributed by atoms with Crippen molar-refractivity contribution in [2.24, 2.45) is 0 Å². The minimum atomic E-state index is -0.0997. The summed E-state index contributed by atoms with van der Waals surface area (Å²) in [6.45, 7) is 3.76. The second-order valence-electron chi connectivity index (χ2n) is 5.53. The van der Waals surface area contributed by atoms with Crippen LogP contribution in [0.4, 0.5) is 0 Å². The standard InChI is InChI=1S/C17H20N4O2S/c1-12-9-14(17(22)18-6-4-7-23-2)15-10-19-21(16(15)20-12)11-13-5-3-8-24-13/h3,5,8-10H,4,6-7,11H2,1-2H3,(H,18,22). The van der Waals surface area contributed by atoms with Crippen LogP contribution < -0.4 is 5.32 Å². The van der Waals surface area contributed by atoms with E-state index < -0.39 is 0 Å². The van der Waals surface area contributed by atoms with Gasteiger partial charge in [-0.2, -0.15) is 5.10 Å². The average Bonchev–Trinajstić information content (AvgIpc) is 3.21. The lowest BCUT2D eigenvalue weighted by Crippen LogP contribution is -2.25. The lowest BCUT2D eigenvalue weighted by Gasteiger charge is -2.08. The molecule has 0 fully saturated rings. The van der Waals surface area contributed by atoms with E-state index in [1.807, 2.05) is 29.1 Å². The number of rotatable bonds is 7. The normalized spacial score (nSPS) is 11.1. The number of nitrogens with zero attached hydrogens (tertiary/aromatic N) is 3. The molecule has 3 heterocycles. The quantitative estimate of drug-likeness (QED) is 0.669. The van der Waals surface area contributed by atoms with Crippen molar-refractivity contribution in [3.05, 3.63) is 45.9 Å². The first-order valence-electron chi connectivity index (χ1n) is 7.81. The largest absolute Gasteiger partial charge is 0.385 e. The molecule has 0 unspecified atom stereocenters. The van der Waals surface area contributed by atoms with Crippen LogP contribution in [0.1, 0.15) is 27.3 Å². The maximum absolute atomic E-state index is 12.5. The Bertz CT molecular complexity index is 827. The number of nitrogens with one attached hydrogen (secondary N) is 1. The number of methoxy groups -OCH3 is 1. The maximum Gasteiger partial charge on any atom is 0.252 e. The van der Waals surface area contributed by atoms with Gasteiger partial charge in [-0.25, -0.2) is 9.67 Å². The molecule has 1 amide bonds. The highest BCUT2D eigenvalue weighted by molar-refractivity contribution is 7.09. The molecule has 0 saturated carbocycles. The molecule has 0 radical (unpaired) electrons.